The Morgan fingerprint density at radius 1 is 1.63 bits per heavy atom. The van der Waals surface area contributed by atoms with Gasteiger partial charge in [0.1, 0.15) is 0 Å². The zero-order valence-corrected chi connectivity index (χ0v) is 12.4. The van der Waals surface area contributed by atoms with Gasteiger partial charge < -0.3 is 20.6 Å². The van der Waals surface area contributed by atoms with Crippen LogP contribution in [0.5, 0.6) is 0 Å². The molecule has 0 aromatic heterocycles. The average molecular weight is 328 g/mol. The standard InChI is InChI=1S/C13H18BrN3O2/c1-2-9-8-19-7-6-17(9)11-5-3-4-10(14)12(11)13(15)16-18/h3-5,9,18H,2,6-8H2,1H3,(H2,15,16). The minimum Gasteiger partial charge on any atom is -0.409 e. The fourth-order valence-corrected chi connectivity index (χ4v) is 2.92. The molecule has 104 valence electrons. The summed E-state index contributed by atoms with van der Waals surface area (Å²) in [6.07, 6.45) is 0.988. The van der Waals surface area contributed by atoms with Crippen LogP contribution in [0, 0.1) is 0 Å². The molecule has 0 saturated carbocycles. The molecule has 2 rings (SSSR count). The van der Waals surface area contributed by atoms with Gasteiger partial charge in [0.2, 0.25) is 0 Å². The summed E-state index contributed by atoms with van der Waals surface area (Å²) in [5, 5.41) is 12.1. The van der Waals surface area contributed by atoms with Gasteiger partial charge in [0.15, 0.2) is 5.84 Å². The van der Waals surface area contributed by atoms with Crippen molar-refractivity contribution in [1.29, 1.82) is 0 Å². The molecule has 1 atom stereocenters. The number of oxime groups is 1. The molecule has 6 heteroatoms. The molecule has 1 heterocycles. The highest BCUT2D eigenvalue weighted by Gasteiger charge is 2.25. The number of morpholine rings is 1. The van der Waals surface area contributed by atoms with Crippen LogP contribution < -0.4 is 10.6 Å². The van der Waals surface area contributed by atoms with Crippen LogP contribution in [0.3, 0.4) is 0 Å². The lowest BCUT2D eigenvalue weighted by Crippen LogP contribution is -2.46. The predicted molar refractivity (Wildman–Crippen MR) is 78.9 cm³/mol. The molecule has 0 aliphatic carbocycles. The summed E-state index contributed by atoms with van der Waals surface area (Å²) in [4.78, 5) is 2.27. The largest absolute Gasteiger partial charge is 0.409 e. The first kappa shape index (κ1) is 14.1. The Bertz CT molecular complexity index is 479. The van der Waals surface area contributed by atoms with E-state index in [1.807, 2.05) is 18.2 Å². The Balaban J connectivity index is 2.46. The van der Waals surface area contributed by atoms with Crippen molar-refractivity contribution >= 4 is 27.5 Å². The van der Waals surface area contributed by atoms with Crippen molar-refractivity contribution in [2.45, 2.75) is 19.4 Å². The Labute approximate surface area is 121 Å². The van der Waals surface area contributed by atoms with Crippen LogP contribution >= 0.6 is 15.9 Å². The average Bonchev–Trinajstić information content (AvgIpc) is 2.46. The molecule has 0 amide bonds. The van der Waals surface area contributed by atoms with Gasteiger partial charge in [-0.25, -0.2) is 0 Å². The van der Waals surface area contributed by atoms with Crippen LogP contribution in [0.2, 0.25) is 0 Å². The van der Waals surface area contributed by atoms with Crippen molar-refractivity contribution in [3.63, 3.8) is 0 Å². The van der Waals surface area contributed by atoms with E-state index in [1.54, 1.807) is 0 Å². The Morgan fingerprint density at radius 3 is 3.11 bits per heavy atom. The quantitative estimate of drug-likeness (QED) is 0.386. The SMILES string of the molecule is CCC1COCCN1c1cccc(Br)c1/C(N)=N/O. The minimum absolute atomic E-state index is 0.115. The maximum absolute atomic E-state index is 8.96. The molecular weight excluding hydrogens is 310 g/mol. The summed E-state index contributed by atoms with van der Waals surface area (Å²) in [6.45, 7) is 4.34. The topological polar surface area (TPSA) is 71.1 Å². The van der Waals surface area contributed by atoms with E-state index in [1.165, 1.54) is 0 Å². The third-order valence-electron chi connectivity index (χ3n) is 3.36. The van der Waals surface area contributed by atoms with E-state index < -0.39 is 0 Å². The summed E-state index contributed by atoms with van der Waals surface area (Å²) in [5.41, 5.74) is 7.50. The number of rotatable bonds is 3. The number of hydrogen-bond donors (Lipinski definition) is 2. The van der Waals surface area contributed by atoms with E-state index in [4.69, 9.17) is 15.7 Å². The lowest BCUT2D eigenvalue weighted by atomic mass is 10.1. The number of amidine groups is 1. The van der Waals surface area contributed by atoms with Crippen LogP contribution in [-0.2, 0) is 4.74 Å². The van der Waals surface area contributed by atoms with Gasteiger partial charge in [-0.2, -0.15) is 0 Å². The third kappa shape index (κ3) is 2.84. The minimum atomic E-state index is 0.115. The van der Waals surface area contributed by atoms with Gasteiger partial charge in [0, 0.05) is 16.7 Å². The van der Waals surface area contributed by atoms with Crippen molar-refractivity contribution in [3.8, 4) is 0 Å². The van der Waals surface area contributed by atoms with Gasteiger partial charge in [0.05, 0.1) is 24.8 Å². The first-order chi connectivity index (χ1) is 9.19. The fraction of sp³-hybridized carbons (Fsp3) is 0.462. The van der Waals surface area contributed by atoms with Crippen LogP contribution in [0.15, 0.2) is 27.8 Å². The molecule has 1 aliphatic rings. The molecule has 1 aromatic rings. The molecule has 5 nitrogen and oxygen atoms in total. The highest BCUT2D eigenvalue weighted by atomic mass is 79.9. The van der Waals surface area contributed by atoms with E-state index >= 15 is 0 Å². The van der Waals surface area contributed by atoms with Crippen molar-refractivity contribution in [3.05, 3.63) is 28.2 Å². The number of benzene rings is 1. The number of nitrogens with two attached hydrogens (primary N) is 1. The van der Waals surface area contributed by atoms with Crippen LogP contribution in [0.4, 0.5) is 5.69 Å². The van der Waals surface area contributed by atoms with Crippen molar-refractivity contribution < 1.29 is 9.94 Å². The van der Waals surface area contributed by atoms with E-state index in [0.29, 0.717) is 19.3 Å². The van der Waals surface area contributed by atoms with Gasteiger partial charge >= 0.3 is 0 Å². The second kappa shape index (κ2) is 6.25. The van der Waals surface area contributed by atoms with Crippen LogP contribution in [0.1, 0.15) is 18.9 Å². The molecule has 3 N–H and O–H groups in total. The first-order valence-electron chi connectivity index (χ1n) is 6.29. The molecule has 1 aromatic carbocycles. The summed E-state index contributed by atoms with van der Waals surface area (Å²) in [6, 6.07) is 6.15. The third-order valence-corrected chi connectivity index (χ3v) is 4.02. The monoisotopic (exact) mass is 327 g/mol. The van der Waals surface area contributed by atoms with E-state index in [0.717, 1.165) is 28.7 Å². The number of hydrogen-bond acceptors (Lipinski definition) is 4. The van der Waals surface area contributed by atoms with Crippen molar-refractivity contribution in [2.24, 2.45) is 10.9 Å². The highest BCUT2D eigenvalue weighted by molar-refractivity contribution is 9.10. The molecule has 1 saturated heterocycles. The lowest BCUT2D eigenvalue weighted by Gasteiger charge is -2.38. The van der Waals surface area contributed by atoms with E-state index in [2.05, 4.69) is 32.9 Å². The fourth-order valence-electron chi connectivity index (χ4n) is 2.37. The summed E-state index contributed by atoms with van der Waals surface area (Å²) in [7, 11) is 0. The number of nitrogens with zero attached hydrogens (tertiary/aromatic N) is 2. The Kier molecular flexibility index (Phi) is 4.66. The van der Waals surface area contributed by atoms with Crippen molar-refractivity contribution in [2.75, 3.05) is 24.7 Å². The molecule has 1 aliphatic heterocycles. The molecule has 0 spiro atoms. The summed E-state index contributed by atoms with van der Waals surface area (Å²) >= 11 is 3.47. The number of ether oxygens (including phenoxy) is 1. The lowest BCUT2D eigenvalue weighted by molar-refractivity contribution is 0.0930. The van der Waals surface area contributed by atoms with Gasteiger partial charge in [-0.15, -0.1) is 0 Å². The maximum Gasteiger partial charge on any atom is 0.173 e. The normalized spacial score (nSPS) is 20.6. The molecule has 19 heavy (non-hydrogen) atoms. The molecule has 1 fully saturated rings. The smallest absolute Gasteiger partial charge is 0.173 e. The van der Waals surface area contributed by atoms with E-state index in [9.17, 15) is 0 Å². The summed E-state index contributed by atoms with van der Waals surface area (Å²) in [5.74, 6) is 0.115. The second-order valence-electron chi connectivity index (χ2n) is 4.45. The molecule has 0 bridgehead atoms. The number of halogens is 1. The van der Waals surface area contributed by atoms with Gasteiger partial charge in [-0.3, -0.25) is 0 Å². The second-order valence-corrected chi connectivity index (χ2v) is 5.30. The predicted octanol–water partition coefficient (Wildman–Crippen LogP) is 2.16. The van der Waals surface area contributed by atoms with Gasteiger partial charge in [-0.1, -0.05) is 18.1 Å². The van der Waals surface area contributed by atoms with Crippen molar-refractivity contribution in [1.82, 2.24) is 0 Å². The van der Waals surface area contributed by atoms with Gasteiger partial charge in [-0.05, 0) is 34.5 Å². The summed E-state index contributed by atoms with van der Waals surface area (Å²) < 4.78 is 6.34. The zero-order valence-electron chi connectivity index (χ0n) is 10.8. The Morgan fingerprint density at radius 2 is 2.42 bits per heavy atom. The van der Waals surface area contributed by atoms with Gasteiger partial charge in [0.25, 0.3) is 0 Å². The first-order valence-corrected chi connectivity index (χ1v) is 7.09. The number of anilines is 1. The highest BCUT2D eigenvalue weighted by Crippen LogP contribution is 2.30. The van der Waals surface area contributed by atoms with Crippen LogP contribution in [-0.4, -0.2) is 36.8 Å². The maximum atomic E-state index is 8.96. The Hall–Kier alpha value is -1.27. The molecule has 1 unspecified atom stereocenters. The molecule has 0 radical (unpaired) electrons. The zero-order chi connectivity index (χ0) is 13.8. The van der Waals surface area contributed by atoms with E-state index in [-0.39, 0.29) is 5.84 Å². The van der Waals surface area contributed by atoms with Crippen LogP contribution in [0.25, 0.3) is 0 Å². The molecular formula is C13H18BrN3O2.